The molecule has 8 heteroatoms. The monoisotopic (exact) mass is 402 g/mol. The lowest BCUT2D eigenvalue weighted by molar-refractivity contribution is -0.126. The molecule has 0 aliphatic carbocycles. The number of aryl methyl sites for hydroxylation is 1. The van der Waals surface area contributed by atoms with Gasteiger partial charge in [-0.15, -0.1) is 0 Å². The van der Waals surface area contributed by atoms with Gasteiger partial charge in [0.25, 0.3) is 5.91 Å². The second kappa shape index (κ2) is 7.89. The molecule has 0 unspecified atom stereocenters. The van der Waals surface area contributed by atoms with E-state index in [2.05, 4.69) is 5.32 Å². The number of anilines is 1. The van der Waals surface area contributed by atoms with Crippen LogP contribution >= 0.6 is 24.0 Å². The molecule has 2 aromatic carbocycles. The molecule has 0 aromatic heterocycles. The molecule has 2 N–H and O–H groups in total. The van der Waals surface area contributed by atoms with Crippen LogP contribution in [0, 0.1) is 12.7 Å². The van der Waals surface area contributed by atoms with Gasteiger partial charge in [-0.1, -0.05) is 42.2 Å². The fourth-order valence-electron chi connectivity index (χ4n) is 2.43. The van der Waals surface area contributed by atoms with Crippen LogP contribution < -0.4 is 5.32 Å². The van der Waals surface area contributed by atoms with Crippen molar-refractivity contribution in [3.05, 3.63) is 64.3 Å². The predicted molar refractivity (Wildman–Crippen MR) is 108 cm³/mol. The number of thiocarbonyl (C=S) groups is 1. The summed E-state index contributed by atoms with van der Waals surface area (Å²) in [6.45, 7) is 1.57. The summed E-state index contributed by atoms with van der Waals surface area (Å²) in [6.07, 6.45) is 1.60. The highest BCUT2D eigenvalue weighted by molar-refractivity contribution is 8.26. The van der Waals surface area contributed by atoms with Gasteiger partial charge in [0.15, 0.2) is 0 Å². The minimum atomic E-state index is -0.477. The second-order valence-electron chi connectivity index (χ2n) is 5.89. The summed E-state index contributed by atoms with van der Waals surface area (Å²) >= 11 is 6.28. The molecule has 0 spiro atoms. The van der Waals surface area contributed by atoms with Crippen LogP contribution in [0.15, 0.2) is 47.4 Å². The lowest BCUT2D eigenvalue weighted by Gasteiger charge is -2.15. The fourth-order valence-corrected chi connectivity index (χ4v) is 3.69. The van der Waals surface area contributed by atoms with Crippen molar-refractivity contribution in [1.29, 1.82) is 0 Å². The first-order valence-electron chi connectivity index (χ1n) is 7.94. The van der Waals surface area contributed by atoms with Crippen molar-refractivity contribution in [2.24, 2.45) is 0 Å². The third-order valence-electron chi connectivity index (χ3n) is 3.77. The Hall–Kier alpha value is -2.71. The van der Waals surface area contributed by atoms with E-state index in [0.29, 0.717) is 10.5 Å². The average Bonchev–Trinajstić information content (AvgIpc) is 2.87. The Labute approximate surface area is 164 Å². The Morgan fingerprint density at radius 2 is 2.00 bits per heavy atom. The molecule has 1 fully saturated rings. The first-order chi connectivity index (χ1) is 12.8. The van der Waals surface area contributed by atoms with E-state index in [1.807, 2.05) is 6.92 Å². The number of rotatable bonds is 4. The topological polar surface area (TPSA) is 69.6 Å². The number of aromatic hydroxyl groups is 1. The summed E-state index contributed by atoms with van der Waals surface area (Å²) in [5, 5.41) is 12.4. The minimum absolute atomic E-state index is 0.0597. The number of benzene rings is 2. The number of hydrogen-bond acceptors (Lipinski definition) is 5. The number of amides is 2. The molecular formula is C19H15FN2O3S2. The maximum absolute atomic E-state index is 13.0. The number of carbonyl (C=O) groups is 2. The number of nitrogens with one attached hydrogen (secondary N) is 1. The average molecular weight is 402 g/mol. The van der Waals surface area contributed by atoms with Gasteiger partial charge in [0.1, 0.15) is 22.4 Å². The lowest BCUT2D eigenvalue weighted by Crippen LogP contribution is -2.36. The van der Waals surface area contributed by atoms with Crippen molar-refractivity contribution < 1.29 is 19.1 Å². The fraction of sp³-hybridized carbons (Fsp3) is 0.105. The number of phenols is 1. The quantitative estimate of drug-likeness (QED) is 0.464. The smallest absolute Gasteiger partial charge is 0.266 e. The molecular weight excluding hydrogens is 387 g/mol. The molecule has 0 bridgehead atoms. The van der Waals surface area contributed by atoms with Crippen LogP contribution in [0.5, 0.6) is 5.75 Å². The maximum atomic E-state index is 13.0. The molecule has 1 aliphatic heterocycles. The molecule has 2 aromatic rings. The minimum Gasteiger partial charge on any atom is -0.506 e. The van der Waals surface area contributed by atoms with Crippen molar-refractivity contribution in [3.63, 3.8) is 0 Å². The van der Waals surface area contributed by atoms with Crippen molar-refractivity contribution in [2.75, 3.05) is 11.9 Å². The summed E-state index contributed by atoms with van der Waals surface area (Å²) in [5.74, 6) is -1.29. The Morgan fingerprint density at radius 3 is 2.70 bits per heavy atom. The molecule has 0 atom stereocenters. The Balaban J connectivity index is 1.71. The van der Waals surface area contributed by atoms with Gasteiger partial charge in [-0.3, -0.25) is 14.5 Å². The van der Waals surface area contributed by atoms with Gasteiger partial charge in [-0.2, -0.15) is 0 Å². The summed E-state index contributed by atoms with van der Waals surface area (Å²) in [4.78, 5) is 26.4. The van der Waals surface area contributed by atoms with Crippen LogP contribution in [0.4, 0.5) is 10.1 Å². The lowest BCUT2D eigenvalue weighted by atomic mass is 10.2. The molecule has 1 saturated heterocycles. The number of thioether (sulfide) groups is 1. The van der Waals surface area contributed by atoms with Gasteiger partial charge in [0.05, 0.1) is 10.6 Å². The molecule has 1 heterocycles. The molecule has 0 saturated carbocycles. The summed E-state index contributed by atoms with van der Waals surface area (Å²) in [6, 6.07) is 10.5. The molecule has 3 rings (SSSR count). The molecule has 5 nitrogen and oxygen atoms in total. The summed E-state index contributed by atoms with van der Waals surface area (Å²) in [5.41, 5.74) is 1.80. The normalized spacial score (nSPS) is 15.5. The van der Waals surface area contributed by atoms with Crippen LogP contribution in [0.2, 0.25) is 0 Å². The standard InChI is InChI=1S/C19H15FN2O3S2/c1-11-2-7-15(23)14(8-11)21-17(24)10-22-18(25)16(27-19(22)26)9-12-3-5-13(20)6-4-12/h2-9,23H,10H2,1H3,(H,21,24)/b16-9-. The Kier molecular flexibility index (Phi) is 5.57. The first-order valence-corrected chi connectivity index (χ1v) is 9.16. The Morgan fingerprint density at radius 1 is 1.30 bits per heavy atom. The van der Waals surface area contributed by atoms with Gasteiger partial charge >= 0.3 is 0 Å². The van der Waals surface area contributed by atoms with Crippen molar-refractivity contribution in [2.45, 2.75) is 6.92 Å². The second-order valence-corrected chi connectivity index (χ2v) is 7.56. The van der Waals surface area contributed by atoms with Crippen LogP contribution in [-0.4, -0.2) is 32.7 Å². The number of carbonyl (C=O) groups excluding carboxylic acids is 2. The van der Waals surface area contributed by atoms with E-state index in [-0.39, 0.29) is 28.1 Å². The van der Waals surface area contributed by atoms with E-state index in [4.69, 9.17) is 12.2 Å². The van der Waals surface area contributed by atoms with E-state index in [9.17, 15) is 19.1 Å². The molecule has 0 radical (unpaired) electrons. The van der Waals surface area contributed by atoms with Gasteiger partial charge < -0.3 is 10.4 Å². The van der Waals surface area contributed by atoms with Crippen LogP contribution in [0.3, 0.4) is 0 Å². The predicted octanol–water partition coefficient (Wildman–Crippen LogP) is 3.68. The highest BCUT2D eigenvalue weighted by Gasteiger charge is 2.33. The van der Waals surface area contributed by atoms with E-state index < -0.39 is 11.8 Å². The van der Waals surface area contributed by atoms with Crippen molar-refractivity contribution in [3.8, 4) is 5.75 Å². The van der Waals surface area contributed by atoms with Gasteiger partial charge in [0.2, 0.25) is 5.91 Å². The van der Waals surface area contributed by atoms with E-state index in [1.54, 1.807) is 30.3 Å². The van der Waals surface area contributed by atoms with E-state index >= 15 is 0 Å². The van der Waals surface area contributed by atoms with E-state index in [1.165, 1.54) is 23.1 Å². The Bertz CT molecular complexity index is 958. The van der Waals surface area contributed by atoms with E-state index in [0.717, 1.165) is 17.3 Å². The van der Waals surface area contributed by atoms with Crippen LogP contribution in [0.25, 0.3) is 6.08 Å². The zero-order valence-electron chi connectivity index (χ0n) is 14.2. The SMILES string of the molecule is Cc1ccc(O)c(NC(=O)CN2C(=O)/C(=C/c3ccc(F)cc3)SC2=S)c1. The molecule has 2 amide bonds. The summed E-state index contributed by atoms with van der Waals surface area (Å²) < 4.78 is 13.3. The van der Waals surface area contributed by atoms with Crippen LogP contribution in [-0.2, 0) is 9.59 Å². The number of nitrogens with zero attached hydrogens (tertiary/aromatic N) is 1. The van der Waals surface area contributed by atoms with Crippen LogP contribution in [0.1, 0.15) is 11.1 Å². The first kappa shape index (κ1) is 19.1. The van der Waals surface area contributed by atoms with Crippen molar-refractivity contribution in [1.82, 2.24) is 4.90 Å². The highest BCUT2D eigenvalue weighted by atomic mass is 32.2. The zero-order chi connectivity index (χ0) is 19.6. The third-order valence-corrected chi connectivity index (χ3v) is 5.15. The molecule has 138 valence electrons. The van der Waals surface area contributed by atoms with Gasteiger partial charge in [0, 0.05) is 0 Å². The number of halogens is 1. The molecule has 27 heavy (non-hydrogen) atoms. The number of phenolic OH excluding ortho intramolecular Hbond substituents is 1. The van der Waals surface area contributed by atoms with Gasteiger partial charge in [-0.25, -0.2) is 4.39 Å². The zero-order valence-corrected chi connectivity index (χ0v) is 15.9. The number of hydrogen-bond donors (Lipinski definition) is 2. The largest absolute Gasteiger partial charge is 0.506 e. The molecule has 1 aliphatic rings. The third kappa shape index (κ3) is 4.53. The maximum Gasteiger partial charge on any atom is 0.266 e. The van der Waals surface area contributed by atoms with Crippen molar-refractivity contribution >= 4 is 51.9 Å². The van der Waals surface area contributed by atoms with Gasteiger partial charge in [-0.05, 0) is 48.4 Å². The highest BCUT2D eigenvalue weighted by Crippen LogP contribution is 2.32. The summed E-state index contributed by atoms with van der Waals surface area (Å²) in [7, 11) is 0.